The zero-order chi connectivity index (χ0) is 23.7. The number of hydrogen-bond donors (Lipinski definition) is 1. The maximum atomic E-state index is 14.1. The number of anilines is 2. The summed E-state index contributed by atoms with van der Waals surface area (Å²) < 4.78 is 19.8. The predicted molar refractivity (Wildman–Crippen MR) is 129 cm³/mol. The first kappa shape index (κ1) is 22.2. The predicted octanol–water partition coefficient (Wildman–Crippen LogP) is 3.43. The van der Waals surface area contributed by atoms with Crippen molar-refractivity contribution in [3.8, 4) is 18.1 Å². The van der Waals surface area contributed by atoms with Crippen molar-refractivity contribution in [2.75, 3.05) is 43.4 Å². The molecule has 0 unspecified atom stereocenters. The van der Waals surface area contributed by atoms with Gasteiger partial charge in [0.1, 0.15) is 35.5 Å². The Morgan fingerprint density at radius 2 is 2.06 bits per heavy atom. The Kier molecular flexibility index (Phi) is 5.12. The molecule has 3 fully saturated rings. The van der Waals surface area contributed by atoms with Gasteiger partial charge in [0.05, 0.1) is 15.8 Å². The summed E-state index contributed by atoms with van der Waals surface area (Å²) in [6.07, 6.45) is 1.50. The number of nitrogens with zero attached hydrogens (tertiary/aromatic N) is 6. The highest BCUT2D eigenvalue weighted by molar-refractivity contribution is 8.00. The van der Waals surface area contributed by atoms with Gasteiger partial charge in [-0.25, -0.2) is 4.39 Å². The monoisotopic (exact) mass is 517 g/mol. The molecule has 2 aromatic rings. The maximum absolute atomic E-state index is 14.1. The van der Waals surface area contributed by atoms with Gasteiger partial charge in [0.15, 0.2) is 11.0 Å². The van der Waals surface area contributed by atoms with E-state index in [1.807, 2.05) is 4.90 Å². The van der Waals surface area contributed by atoms with Gasteiger partial charge in [-0.2, -0.15) is 20.5 Å². The molecule has 0 saturated carbocycles. The van der Waals surface area contributed by atoms with Gasteiger partial charge < -0.3 is 15.4 Å². The first-order valence-electron chi connectivity index (χ1n) is 11.1. The maximum Gasteiger partial charge on any atom is 0.319 e. The fourth-order valence-electron chi connectivity index (χ4n) is 5.88. The smallest absolute Gasteiger partial charge is 0.319 e. The number of alkyl halides is 1. The summed E-state index contributed by atoms with van der Waals surface area (Å²) in [5.41, 5.74) is 7.53. The second-order valence-electron chi connectivity index (χ2n) is 9.36. The summed E-state index contributed by atoms with van der Waals surface area (Å²) in [4.78, 5) is 14.0. The summed E-state index contributed by atoms with van der Waals surface area (Å²) >= 11 is 9.63. The van der Waals surface area contributed by atoms with Gasteiger partial charge in [0, 0.05) is 42.2 Å². The molecule has 2 atom stereocenters. The normalized spacial score (nSPS) is 26.7. The topological polar surface area (TPSA) is 115 Å². The molecule has 1 spiro atoms. The lowest BCUT2D eigenvalue weighted by atomic mass is 9.88. The summed E-state index contributed by atoms with van der Waals surface area (Å²) in [5, 5.41) is 19.9. The van der Waals surface area contributed by atoms with Crippen molar-refractivity contribution in [1.29, 1.82) is 10.5 Å². The standard InChI is InChI=1S/C22H21ClFN7OS2/c23-17-14(6-26)19(29-20(28-17)32-11-21-2-1-3-31(21)7-12(24)4-21)30-9-22(10-30)16-13(5-25)18(27)34-15(16)8-33-22/h12H,1-4,7-11,27H2/t12-,21+/m1/s1. The molecule has 176 valence electrons. The van der Waals surface area contributed by atoms with Crippen LogP contribution in [0, 0.1) is 22.7 Å². The van der Waals surface area contributed by atoms with Crippen molar-refractivity contribution in [2.24, 2.45) is 0 Å². The Hall–Kier alpha value is -2.31. The van der Waals surface area contributed by atoms with Crippen LogP contribution in [0.25, 0.3) is 0 Å². The number of nitrogen functional groups attached to an aromatic ring is 1. The van der Waals surface area contributed by atoms with Gasteiger partial charge in [-0.1, -0.05) is 11.6 Å². The molecule has 0 aliphatic carbocycles. The first-order valence-corrected chi connectivity index (χ1v) is 13.3. The number of ether oxygens (including phenoxy) is 1. The highest BCUT2D eigenvalue weighted by Crippen LogP contribution is 2.58. The van der Waals surface area contributed by atoms with Crippen molar-refractivity contribution < 1.29 is 9.13 Å². The van der Waals surface area contributed by atoms with E-state index in [4.69, 9.17) is 22.1 Å². The van der Waals surface area contributed by atoms with Crippen LogP contribution in [0.5, 0.6) is 6.01 Å². The summed E-state index contributed by atoms with van der Waals surface area (Å²) in [7, 11) is 0. The average molecular weight is 518 g/mol. The second kappa shape index (κ2) is 7.85. The Labute approximate surface area is 209 Å². The number of halogens is 2. The van der Waals surface area contributed by atoms with Gasteiger partial charge in [0.2, 0.25) is 0 Å². The van der Waals surface area contributed by atoms with E-state index < -0.39 is 6.17 Å². The van der Waals surface area contributed by atoms with Crippen LogP contribution in [0.15, 0.2) is 0 Å². The van der Waals surface area contributed by atoms with E-state index >= 15 is 0 Å². The van der Waals surface area contributed by atoms with Crippen LogP contribution in [0.3, 0.4) is 0 Å². The fourth-order valence-corrected chi connectivity index (χ4v) is 8.88. The molecule has 3 saturated heterocycles. The fraction of sp³-hybridized carbons (Fsp3) is 0.545. The summed E-state index contributed by atoms with van der Waals surface area (Å²) in [6.45, 7) is 2.77. The molecule has 6 rings (SSSR count). The van der Waals surface area contributed by atoms with E-state index in [1.165, 1.54) is 11.3 Å². The number of hydrogen-bond acceptors (Lipinski definition) is 10. The highest BCUT2D eigenvalue weighted by Gasteiger charge is 2.53. The van der Waals surface area contributed by atoms with E-state index in [0.29, 0.717) is 42.4 Å². The van der Waals surface area contributed by atoms with Crippen LogP contribution in [0.4, 0.5) is 15.2 Å². The van der Waals surface area contributed by atoms with Crippen LogP contribution in [0.2, 0.25) is 5.15 Å². The molecule has 0 aromatic carbocycles. The average Bonchev–Trinajstić information content (AvgIpc) is 3.49. The SMILES string of the molecule is N#Cc1c(Cl)nc(OC[C@@]23CCCN2C[C@H](F)C3)nc1N1CC2(C1)SCc1sc(N)c(C#N)c12. The molecule has 2 aromatic heterocycles. The van der Waals surface area contributed by atoms with Crippen molar-refractivity contribution in [1.82, 2.24) is 14.9 Å². The van der Waals surface area contributed by atoms with E-state index in [2.05, 4.69) is 27.0 Å². The second-order valence-corrected chi connectivity index (χ2v) is 12.2. The highest BCUT2D eigenvalue weighted by atomic mass is 35.5. The number of thiophene rings is 1. The minimum absolute atomic E-state index is 0.0382. The Balaban J connectivity index is 1.25. The Bertz CT molecular complexity index is 1270. The molecule has 0 amide bonds. The number of thioether (sulfide) groups is 1. The third-order valence-corrected chi connectivity index (χ3v) is 10.3. The molecular weight excluding hydrogens is 497 g/mol. The zero-order valence-electron chi connectivity index (χ0n) is 18.2. The van der Waals surface area contributed by atoms with Crippen LogP contribution < -0.4 is 15.4 Å². The van der Waals surface area contributed by atoms with Gasteiger partial charge in [-0.15, -0.1) is 23.1 Å². The molecule has 6 heterocycles. The Morgan fingerprint density at radius 1 is 1.26 bits per heavy atom. The molecular formula is C22H21ClFN7OS2. The van der Waals surface area contributed by atoms with Crippen LogP contribution >= 0.6 is 34.7 Å². The quantitative estimate of drug-likeness (QED) is 0.609. The van der Waals surface area contributed by atoms with E-state index in [1.54, 1.807) is 11.8 Å². The van der Waals surface area contributed by atoms with Gasteiger partial charge in [0.25, 0.3) is 0 Å². The summed E-state index contributed by atoms with van der Waals surface area (Å²) in [6, 6.07) is 4.48. The molecule has 0 bridgehead atoms. The van der Waals surface area contributed by atoms with E-state index in [9.17, 15) is 14.9 Å². The van der Waals surface area contributed by atoms with Crippen LogP contribution in [-0.2, 0) is 10.5 Å². The summed E-state index contributed by atoms with van der Waals surface area (Å²) in [5.74, 6) is 1.24. The molecule has 0 radical (unpaired) electrons. The van der Waals surface area contributed by atoms with Crippen molar-refractivity contribution in [3.05, 3.63) is 26.7 Å². The first-order chi connectivity index (χ1) is 16.4. The largest absolute Gasteiger partial charge is 0.461 e. The van der Waals surface area contributed by atoms with Crippen molar-refractivity contribution in [3.63, 3.8) is 0 Å². The van der Waals surface area contributed by atoms with Gasteiger partial charge in [-0.3, -0.25) is 4.90 Å². The van der Waals surface area contributed by atoms with Crippen LogP contribution in [-0.4, -0.2) is 59.4 Å². The number of aromatic nitrogens is 2. The Morgan fingerprint density at radius 3 is 2.82 bits per heavy atom. The van der Waals surface area contributed by atoms with Crippen LogP contribution in [0.1, 0.15) is 40.8 Å². The molecule has 4 aliphatic rings. The number of rotatable bonds is 4. The minimum Gasteiger partial charge on any atom is -0.461 e. The molecule has 34 heavy (non-hydrogen) atoms. The molecule has 4 aliphatic heterocycles. The third kappa shape index (κ3) is 3.18. The minimum atomic E-state index is -0.847. The number of fused-ring (bicyclic) bond motifs is 3. The molecule has 8 nitrogen and oxygen atoms in total. The van der Waals surface area contributed by atoms with E-state index in [-0.39, 0.29) is 33.6 Å². The van der Waals surface area contributed by atoms with Crippen molar-refractivity contribution >= 4 is 45.5 Å². The van der Waals surface area contributed by atoms with Gasteiger partial charge in [-0.05, 0) is 19.4 Å². The number of nitriles is 2. The van der Waals surface area contributed by atoms with Crippen molar-refractivity contribution in [2.45, 2.75) is 41.5 Å². The molecule has 2 N–H and O–H groups in total. The number of nitrogens with two attached hydrogens (primary N) is 1. The van der Waals surface area contributed by atoms with E-state index in [0.717, 1.165) is 35.6 Å². The lowest BCUT2D eigenvalue weighted by Gasteiger charge is -2.48. The lowest BCUT2D eigenvalue weighted by Crippen LogP contribution is -2.57. The zero-order valence-corrected chi connectivity index (χ0v) is 20.6. The third-order valence-electron chi connectivity index (χ3n) is 7.42. The lowest BCUT2D eigenvalue weighted by molar-refractivity contribution is 0.107. The molecule has 12 heteroatoms. The van der Waals surface area contributed by atoms with Gasteiger partial charge >= 0.3 is 6.01 Å².